The van der Waals surface area contributed by atoms with Crippen molar-refractivity contribution in [2.45, 2.75) is 6.42 Å². The van der Waals surface area contributed by atoms with Crippen LogP contribution < -0.4 is 5.73 Å². The van der Waals surface area contributed by atoms with Crippen LogP contribution in [0.15, 0.2) is 18.3 Å². The van der Waals surface area contributed by atoms with Crippen molar-refractivity contribution >= 4 is 16.6 Å². The molecule has 0 saturated heterocycles. The molecular weight excluding hydrogens is 164 g/mol. The summed E-state index contributed by atoms with van der Waals surface area (Å²) in [4.78, 5) is 0. The Balaban J connectivity index is 2.64. The van der Waals surface area contributed by atoms with Crippen LogP contribution in [0.1, 0.15) is 5.56 Å². The summed E-state index contributed by atoms with van der Waals surface area (Å²) >= 11 is 0. The van der Waals surface area contributed by atoms with E-state index in [1.807, 2.05) is 6.07 Å². The summed E-state index contributed by atoms with van der Waals surface area (Å²) in [5, 5.41) is 16.1. The molecule has 64 valence electrons. The number of hydrogen-bond acceptors (Lipinski definition) is 3. The van der Waals surface area contributed by atoms with Gasteiger partial charge in [-0.05, 0) is 17.7 Å². The topological polar surface area (TPSA) is 78.5 Å². The first-order valence-corrected chi connectivity index (χ1v) is 3.89. The molecule has 4 heteroatoms. The molecule has 0 aliphatic carbocycles. The molecule has 13 heavy (non-hydrogen) atoms. The Labute approximate surface area is 75.0 Å². The van der Waals surface area contributed by atoms with E-state index in [4.69, 9.17) is 11.0 Å². The minimum Gasteiger partial charge on any atom is -0.398 e. The van der Waals surface area contributed by atoms with Gasteiger partial charge in [-0.1, -0.05) is 0 Å². The number of nitriles is 1. The van der Waals surface area contributed by atoms with Gasteiger partial charge in [0, 0.05) is 11.1 Å². The third kappa shape index (κ3) is 1.20. The SMILES string of the molecule is N#CCc1cc(N)c2cn[nH]c2c1. The number of nitrogens with zero attached hydrogens (tertiary/aromatic N) is 2. The molecule has 0 saturated carbocycles. The van der Waals surface area contributed by atoms with E-state index < -0.39 is 0 Å². The third-order valence-electron chi connectivity index (χ3n) is 1.93. The molecule has 3 N–H and O–H groups in total. The molecule has 0 unspecified atom stereocenters. The standard InChI is InChI=1S/C9H8N4/c10-2-1-6-3-8(11)7-5-12-13-9(7)4-6/h3-5H,1,11H2,(H,12,13). The summed E-state index contributed by atoms with van der Waals surface area (Å²) in [6.07, 6.45) is 2.06. The number of aromatic amines is 1. The van der Waals surface area contributed by atoms with Crippen molar-refractivity contribution in [1.82, 2.24) is 10.2 Å². The second-order valence-corrected chi connectivity index (χ2v) is 2.85. The Kier molecular flexibility index (Phi) is 1.64. The van der Waals surface area contributed by atoms with Crippen LogP contribution in [0.2, 0.25) is 0 Å². The van der Waals surface area contributed by atoms with Gasteiger partial charge < -0.3 is 5.73 Å². The summed E-state index contributed by atoms with van der Waals surface area (Å²) in [6, 6.07) is 5.78. The van der Waals surface area contributed by atoms with Gasteiger partial charge >= 0.3 is 0 Å². The van der Waals surface area contributed by atoms with Gasteiger partial charge in [0.25, 0.3) is 0 Å². The monoisotopic (exact) mass is 172 g/mol. The molecule has 0 bridgehead atoms. The van der Waals surface area contributed by atoms with Crippen molar-refractivity contribution < 1.29 is 0 Å². The van der Waals surface area contributed by atoms with E-state index in [1.54, 1.807) is 12.3 Å². The van der Waals surface area contributed by atoms with E-state index in [0.29, 0.717) is 12.1 Å². The van der Waals surface area contributed by atoms with Crippen molar-refractivity contribution in [3.8, 4) is 6.07 Å². The van der Waals surface area contributed by atoms with Gasteiger partial charge in [-0.2, -0.15) is 10.4 Å². The molecule has 0 radical (unpaired) electrons. The van der Waals surface area contributed by atoms with Gasteiger partial charge in [0.15, 0.2) is 0 Å². The fourth-order valence-corrected chi connectivity index (χ4v) is 1.33. The summed E-state index contributed by atoms with van der Waals surface area (Å²) in [6.45, 7) is 0. The highest BCUT2D eigenvalue weighted by molar-refractivity contribution is 5.90. The summed E-state index contributed by atoms with van der Waals surface area (Å²) < 4.78 is 0. The van der Waals surface area contributed by atoms with Gasteiger partial charge in [-0.3, -0.25) is 5.10 Å². The molecule has 1 aromatic heterocycles. The molecule has 1 heterocycles. The van der Waals surface area contributed by atoms with Gasteiger partial charge in [0.1, 0.15) is 0 Å². The summed E-state index contributed by atoms with van der Waals surface area (Å²) in [7, 11) is 0. The van der Waals surface area contributed by atoms with Crippen LogP contribution in [0.4, 0.5) is 5.69 Å². The number of nitrogens with two attached hydrogens (primary N) is 1. The second kappa shape index (κ2) is 2.79. The zero-order chi connectivity index (χ0) is 9.26. The maximum absolute atomic E-state index is 8.52. The first-order chi connectivity index (χ1) is 6.31. The third-order valence-corrected chi connectivity index (χ3v) is 1.93. The van der Waals surface area contributed by atoms with Crippen LogP contribution in [-0.2, 0) is 6.42 Å². The Morgan fingerprint density at radius 1 is 1.54 bits per heavy atom. The Hall–Kier alpha value is -2.02. The predicted octanol–water partition coefficient (Wildman–Crippen LogP) is 1.21. The Morgan fingerprint density at radius 3 is 3.15 bits per heavy atom. The molecular formula is C9H8N4. The minimum absolute atomic E-state index is 0.374. The fourth-order valence-electron chi connectivity index (χ4n) is 1.33. The molecule has 1 aromatic carbocycles. The van der Waals surface area contributed by atoms with Crippen LogP contribution in [0.5, 0.6) is 0 Å². The Bertz CT molecular complexity index is 478. The number of nitrogens with one attached hydrogen (secondary N) is 1. The fraction of sp³-hybridized carbons (Fsp3) is 0.111. The van der Waals surface area contributed by atoms with Crippen LogP contribution in [-0.4, -0.2) is 10.2 Å². The van der Waals surface area contributed by atoms with E-state index in [2.05, 4.69) is 16.3 Å². The number of nitrogen functional groups attached to an aromatic ring is 1. The number of anilines is 1. The van der Waals surface area contributed by atoms with Crippen LogP contribution in [0.3, 0.4) is 0 Å². The molecule has 4 nitrogen and oxygen atoms in total. The highest BCUT2D eigenvalue weighted by Crippen LogP contribution is 2.20. The molecule has 0 spiro atoms. The van der Waals surface area contributed by atoms with Crippen molar-refractivity contribution in [2.24, 2.45) is 0 Å². The average Bonchev–Trinajstić information content (AvgIpc) is 2.53. The first kappa shape index (κ1) is 7.62. The number of hydrogen-bond donors (Lipinski definition) is 2. The number of benzene rings is 1. The van der Waals surface area contributed by atoms with Crippen molar-refractivity contribution in [1.29, 1.82) is 5.26 Å². The van der Waals surface area contributed by atoms with Crippen LogP contribution in [0, 0.1) is 11.3 Å². The molecule has 0 aliphatic rings. The lowest BCUT2D eigenvalue weighted by Gasteiger charge is -1.98. The smallest absolute Gasteiger partial charge is 0.0674 e. The number of aromatic nitrogens is 2. The lowest BCUT2D eigenvalue weighted by molar-refractivity contribution is 1.12. The average molecular weight is 172 g/mol. The molecule has 0 atom stereocenters. The van der Waals surface area contributed by atoms with Gasteiger partial charge in [-0.15, -0.1) is 0 Å². The maximum atomic E-state index is 8.52. The normalized spacial score (nSPS) is 10.1. The minimum atomic E-state index is 0.374. The molecule has 2 aromatic rings. The van der Waals surface area contributed by atoms with Gasteiger partial charge in [0.05, 0.1) is 24.2 Å². The molecule has 0 aliphatic heterocycles. The first-order valence-electron chi connectivity index (χ1n) is 3.89. The lowest BCUT2D eigenvalue weighted by Crippen LogP contribution is -1.89. The predicted molar refractivity (Wildman–Crippen MR) is 49.8 cm³/mol. The summed E-state index contributed by atoms with van der Waals surface area (Å²) in [5.74, 6) is 0. The van der Waals surface area contributed by atoms with E-state index in [9.17, 15) is 0 Å². The zero-order valence-electron chi connectivity index (χ0n) is 6.91. The molecule has 2 rings (SSSR count). The van der Waals surface area contributed by atoms with Crippen LogP contribution >= 0.6 is 0 Å². The van der Waals surface area contributed by atoms with E-state index >= 15 is 0 Å². The van der Waals surface area contributed by atoms with E-state index in [1.165, 1.54) is 0 Å². The summed E-state index contributed by atoms with van der Waals surface area (Å²) in [5.41, 5.74) is 8.22. The van der Waals surface area contributed by atoms with Crippen molar-refractivity contribution in [2.75, 3.05) is 5.73 Å². The van der Waals surface area contributed by atoms with Gasteiger partial charge in [0.2, 0.25) is 0 Å². The van der Waals surface area contributed by atoms with Crippen molar-refractivity contribution in [3.05, 3.63) is 23.9 Å². The van der Waals surface area contributed by atoms with Gasteiger partial charge in [-0.25, -0.2) is 0 Å². The number of H-pyrrole nitrogens is 1. The zero-order valence-corrected chi connectivity index (χ0v) is 6.91. The number of rotatable bonds is 1. The quantitative estimate of drug-likeness (QED) is 0.634. The second-order valence-electron chi connectivity index (χ2n) is 2.85. The van der Waals surface area contributed by atoms with E-state index in [0.717, 1.165) is 16.5 Å². The van der Waals surface area contributed by atoms with E-state index in [-0.39, 0.29) is 0 Å². The lowest BCUT2D eigenvalue weighted by atomic mass is 10.1. The number of fused-ring (bicyclic) bond motifs is 1. The van der Waals surface area contributed by atoms with Crippen molar-refractivity contribution in [3.63, 3.8) is 0 Å². The molecule has 0 fully saturated rings. The largest absolute Gasteiger partial charge is 0.398 e. The highest BCUT2D eigenvalue weighted by atomic mass is 15.1. The maximum Gasteiger partial charge on any atom is 0.0674 e. The highest BCUT2D eigenvalue weighted by Gasteiger charge is 2.02. The molecule has 0 amide bonds. The Morgan fingerprint density at radius 2 is 2.38 bits per heavy atom. The van der Waals surface area contributed by atoms with Crippen LogP contribution in [0.25, 0.3) is 10.9 Å².